The van der Waals surface area contributed by atoms with Gasteiger partial charge in [-0.25, -0.2) is 4.98 Å². The first-order valence-corrected chi connectivity index (χ1v) is 9.18. The Labute approximate surface area is 161 Å². The summed E-state index contributed by atoms with van der Waals surface area (Å²) in [7, 11) is 3.16. The molecule has 0 unspecified atom stereocenters. The van der Waals surface area contributed by atoms with Crippen molar-refractivity contribution in [2.75, 3.05) is 19.5 Å². The summed E-state index contributed by atoms with van der Waals surface area (Å²) < 4.78 is 10.6. The maximum atomic E-state index is 12.6. The standard InChI is InChI=1S/C18H21N5O3S/c1-9(2)15-20-18(23-22-15)21-16(24)14-10(3)19-17(27-14)11-6-7-12(25-4)13(8-11)26-5/h6-9H,1-5H3,(H2,20,21,22,23,24). The molecule has 0 saturated heterocycles. The average molecular weight is 387 g/mol. The number of carbonyl (C=O) groups excluding carboxylic acids is 1. The van der Waals surface area contributed by atoms with Crippen molar-refractivity contribution in [2.24, 2.45) is 0 Å². The zero-order chi connectivity index (χ0) is 19.6. The van der Waals surface area contributed by atoms with Crippen molar-refractivity contribution in [3.63, 3.8) is 0 Å². The number of amides is 1. The normalized spacial score (nSPS) is 10.9. The topological polar surface area (TPSA) is 102 Å². The van der Waals surface area contributed by atoms with E-state index in [2.05, 4.69) is 25.5 Å². The molecular weight excluding hydrogens is 366 g/mol. The van der Waals surface area contributed by atoms with E-state index in [1.807, 2.05) is 32.0 Å². The summed E-state index contributed by atoms with van der Waals surface area (Å²) in [5.41, 5.74) is 1.49. The lowest BCUT2D eigenvalue weighted by molar-refractivity contribution is 0.102. The van der Waals surface area contributed by atoms with E-state index in [0.29, 0.717) is 22.1 Å². The Morgan fingerprint density at radius 3 is 2.56 bits per heavy atom. The number of thiazole rings is 1. The van der Waals surface area contributed by atoms with Gasteiger partial charge >= 0.3 is 0 Å². The lowest BCUT2D eigenvalue weighted by Gasteiger charge is -2.08. The first-order chi connectivity index (χ1) is 12.9. The van der Waals surface area contributed by atoms with Gasteiger partial charge in [-0.1, -0.05) is 13.8 Å². The SMILES string of the molecule is COc1ccc(-c2nc(C)c(C(=O)Nc3n[nH]c(C(C)C)n3)s2)cc1OC. The van der Waals surface area contributed by atoms with E-state index in [0.717, 1.165) is 16.4 Å². The Balaban J connectivity index is 1.84. The van der Waals surface area contributed by atoms with Crippen molar-refractivity contribution in [3.05, 3.63) is 34.6 Å². The Kier molecular flexibility index (Phi) is 5.41. The minimum atomic E-state index is -0.286. The molecule has 2 heterocycles. The number of anilines is 1. The van der Waals surface area contributed by atoms with Crippen LogP contribution in [-0.4, -0.2) is 40.3 Å². The summed E-state index contributed by atoms with van der Waals surface area (Å²) in [6.07, 6.45) is 0. The number of rotatable bonds is 6. The van der Waals surface area contributed by atoms with Crippen LogP contribution in [0, 0.1) is 6.92 Å². The van der Waals surface area contributed by atoms with Gasteiger partial charge in [0.25, 0.3) is 5.91 Å². The maximum absolute atomic E-state index is 12.6. The minimum Gasteiger partial charge on any atom is -0.493 e. The Hall–Kier alpha value is -2.94. The zero-order valence-electron chi connectivity index (χ0n) is 15.8. The number of nitrogens with one attached hydrogen (secondary N) is 2. The van der Waals surface area contributed by atoms with Gasteiger partial charge in [-0.05, 0) is 25.1 Å². The molecule has 0 aliphatic heterocycles. The third-order valence-electron chi connectivity index (χ3n) is 3.91. The first-order valence-electron chi connectivity index (χ1n) is 8.36. The van der Waals surface area contributed by atoms with Gasteiger partial charge in [-0.3, -0.25) is 15.2 Å². The van der Waals surface area contributed by atoms with Gasteiger partial charge in [0, 0.05) is 11.5 Å². The van der Waals surface area contributed by atoms with Crippen LogP contribution in [0.1, 0.15) is 41.0 Å². The molecule has 27 heavy (non-hydrogen) atoms. The van der Waals surface area contributed by atoms with E-state index in [4.69, 9.17) is 9.47 Å². The predicted octanol–water partition coefficient (Wildman–Crippen LogP) is 3.63. The van der Waals surface area contributed by atoms with Gasteiger partial charge in [0.05, 0.1) is 19.9 Å². The van der Waals surface area contributed by atoms with Crippen LogP contribution in [0.5, 0.6) is 11.5 Å². The predicted molar refractivity (Wildman–Crippen MR) is 104 cm³/mol. The number of hydrogen-bond acceptors (Lipinski definition) is 7. The van der Waals surface area contributed by atoms with Crippen molar-refractivity contribution in [2.45, 2.75) is 26.7 Å². The monoisotopic (exact) mass is 387 g/mol. The molecule has 0 spiro atoms. The fourth-order valence-corrected chi connectivity index (χ4v) is 3.40. The first kappa shape index (κ1) is 18.8. The van der Waals surface area contributed by atoms with Gasteiger partial charge < -0.3 is 9.47 Å². The third-order valence-corrected chi connectivity index (χ3v) is 5.11. The highest BCUT2D eigenvalue weighted by Gasteiger charge is 2.19. The minimum absolute atomic E-state index is 0.199. The summed E-state index contributed by atoms with van der Waals surface area (Å²) in [5, 5.41) is 10.3. The number of methoxy groups -OCH3 is 2. The maximum Gasteiger partial charge on any atom is 0.270 e. The molecule has 0 aliphatic rings. The molecule has 142 valence electrons. The second-order valence-electron chi connectivity index (χ2n) is 6.16. The third kappa shape index (κ3) is 3.92. The fourth-order valence-electron chi connectivity index (χ4n) is 2.45. The summed E-state index contributed by atoms with van der Waals surface area (Å²) in [4.78, 5) is 21.9. The van der Waals surface area contributed by atoms with Gasteiger partial charge in [0.1, 0.15) is 15.7 Å². The van der Waals surface area contributed by atoms with Gasteiger partial charge in [0.2, 0.25) is 5.95 Å². The smallest absolute Gasteiger partial charge is 0.270 e. The van der Waals surface area contributed by atoms with Crippen LogP contribution in [0.3, 0.4) is 0 Å². The van der Waals surface area contributed by atoms with Crippen LogP contribution < -0.4 is 14.8 Å². The Bertz CT molecular complexity index is 964. The van der Waals surface area contributed by atoms with Crippen LogP contribution in [-0.2, 0) is 0 Å². The molecule has 0 radical (unpaired) electrons. The van der Waals surface area contributed by atoms with Crippen molar-refractivity contribution < 1.29 is 14.3 Å². The Morgan fingerprint density at radius 2 is 1.93 bits per heavy atom. The van der Waals surface area contributed by atoms with Crippen molar-refractivity contribution >= 4 is 23.2 Å². The van der Waals surface area contributed by atoms with Crippen molar-refractivity contribution in [1.29, 1.82) is 0 Å². The van der Waals surface area contributed by atoms with Gasteiger partial charge in [-0.2, -0.15) is 4.98 Å². The van der Waals surface area contributed by atoms with Gasteiger partial charge in [0.15, 0.2) is 11.5 Å². The van der Waals surface area contributed by atoms with E-state index in [9.17, 15) is 4.79 Å². The molecule has 3 aromatic rings. The molecule has 0 bridgehead atoms. The van der Waals surface area contributed by atoms with E-state index in [-0.39, 0.29) is 17.8 Å². The second-order valence-corrected chi connectivity index (χ2v) is 7.16. The summed E-state index contributed by atoms with van der Waals surface area (Å²) in [6, 6.07) is 5.53. The van der Waals surface area contributed by atoms with Crippen LogP contribution >= 0.6 is 11.3 Å². The van der Waals surface area contributed by atoms with Crippen LogP contribution in [0.25, 0.3) is 10.6 Å². The number of hydrogen-bond donors (Lipinski definition) is 2. The van der Waals surface area contributed by atoms with Crippen molar-refractivity contribution in [3.8, 4) is 22.1 Å². The van der Waals surface area contributed by atoms with Gasteiger partial charge in [-0.15, -0.1) is 16.4 Å². The number of carbonyl (C=O) groups is 1. The van der Waals surface area contributed by atoms with Crippen LogP contribution in [0.2, 0.25) is 0 Å². The molecule has 2 aromatic heterocycles. The summed E-state index contributed by atoms with van der Waals surface area (Å²) >= 11 is 1.30. The highest BCUT2D eigenvalue weighted by molar-refractivity contribution is 7.17. The number of aromatic nitrogens is 4. The largest absolute Gasteiger partial charge is 0.493 e. The van der Waals surface area contributed by atoms with Crippen molar-refractivity contribution in [1.82, 2.24) is 20.2 Å². The zero-order valence-corrected chi connectivity index (χ0v) is 16.6. The number of nitrogens with zero attached hydrogens (tertiary/aromatic N) is 3. The van der Waals surface area contributed by atoms with E-state index in [1.165, 1.54) is 11.3 Å². The highest BCUT2D eigenvalue weighted by atomic mass is 32.1. The quantitative estimate of drug-likeness (QED) is 0.670. The molecule has 0 aliphatic carbocycles. The fraction of sp³-hybridized carbons (Fsp3) is 0.333. The molecular formula is C18H21N5O3S. The summed E-state index contributed by atoms with van der Waals surface area (Å²) in [5.74, 6) is 2.13. The molecule has 9 heteroatoms. The number of H-pyrrole nitrogens is 1. The highest BCUT2D eigenvalue weighted by Crippen LogP contribution is 2.35. The number of aromatic amines is 1. The average Bonchev–Trinajstić information content (AvgIpc) is 3.28. The molecule has 0 atom stereocenters. The molecule has 8 nitrogen and oxygen atoms in total. The van der Waals surface area contributed by atoms with E-state index in [1.54, 1.807) is 21.1 Å². The number of ether oxygens (including phenoxy) is 2. The molecule has 2 N–H and O–H groups in total. The molecule has 1 amide bonds. The number of aryl methyl sites for hydroxylation is 1. The van der Waals surface area contributed by atoms with Crippen LogP contribution in [0.4, 0.5) is 5.95 Å². The lowest BCUT2D eigenvalue weighted by atomic mass is 10.2. The van der Waals surface area contributed by atoms with Crippen LogP contribution in [0.15, 0.2) is 18.2 Å². The lowest BCUT2D eigenvalue weighted by Crippen LogP contribution is -2.12. The second kappa shape index (κ2) is 7.75. The van der Waals surface area contributed by atoms with E-state index >= 15 is 0 Å². The number of benzene rings is 1. The van der Waals surface area contributed by atoms with E-state index < -0.39 is 0 Å². The Morgan fingerprint density at radius 1 is 1.19 bits per heavy atom. The summed E-state index contributed by atoms with van der Waals surface area (Å²) in [6.45, 7) is 5.79. The molecule has 0 saturated carbocycles. The molecule has 1 aromatic carbocycles. The molecule has 3 rings (SSSR count). The molecule has 0 fully saturated rings.